The summed E-state index contributed by atoms with van der Waals surface area (Å²) in [6.45, 7) is 1.39. The Bertz CT molecular complexity index is 739. The van der Waals surface area contributed by atoms with Crippen LogP contribution in [0.4, 0.5) is 0 Å². The predicted molar refractivity (Wildman–Crippen MR) is 93.3 cm³/mol. The van der Waals surface area contributed by atoms with Crippen LogP contribution in [0.25, 0.3) is 10.9 Å². The van der Waals surface area contributed by atoms with Crippen molar-refractivity contribution in [1.29, 1.82) is 0 Å². The zero-order valence-electron chi connectivity index (χ0n) is 14.1. The van der Waals surface area contributed by atoms with Crippen LogP contribution in [0.15, 0.2) is 36.5 Å². The normalized spacial score (nSPS) is 15.4. The van der Waals surface area contributed by atoms with Crippen molar-refractivity contribution in [3.8, 4) is 0 Å². The van der Waals surface area contributed by atoms with Gasteiger partial charge in [0.2, 0.25) is 11.8 Å². The minimum absolute atomic E-state index is 0.0221. The Morgan fingerprint density at radius 3 is 2.96 bits per heavy atom. The number of hydrogen-bond donors (Lipinski definition) is 0. The van der Waals surface area contributed by atoms with E-state index in [0.29, 0.717) is 19.5 Å². The van der Waals surface area contributed by atoms with E-state index in [9.17, 15) is 9.59 Å². The number of fused-ring (bicyclic) bond motifs is 1. The SMILES string of the molecule is CN(Cc1cccc2ncccc12)C(=O)CN1CCCCCC1=O. The average molecular weight is 325 g/mol. The third-order valence-corrected chi connectivity index (χ3v) is 4.57. The number of nitrogens with zero attached hydrogens (tertiary/aromatic N) is 3. The molecule has 0 unspecified atom stereocenters. The molecule has 0 radical (unpaired) electrons. The molecule has 0 spiro atoms. The van der Waals surface area contributed by atoms with E-state index in [2.05, 4.69) is 4.98 Å². The summed E-state index contributed by atoms with van der Waals surface area (Å²) in [6.07, 6.45) is 5.31. The van der Waals surface area contributed by atoms with E-state index < -0.39 is 0 Å². The van der Waals surface area contributed by atoms with Gasteiger partial charge in [0.05, 0.1) is 12.1 Å². The lowest BCUT2D eigenvalue weighted by Gasteiger charge is -2.24. The van der Waals surface area contributed by atoms with Gasteiger partial charge < -0.3 is 9.80 Å². The molecule has 0 N–H and O–H groups in total. The van der Waals surface area contributed by atoms with Gasteiger partial charge in [-0.3, -0.25) is 14.6 Å². The Balaban J connectivity index is 1.68. The standard InChI is InChI=1S/C19H23N3O2/c1-21(19(24)14-22-12-4-2-3-10-18(22)23)13-15-7-5-9-17-16(15)8-6-11-20-17/h5-9,11H,2-4,10,12-14H2,1H3. The highest BCUT2D eigenvalue weighted by atomic mass is 16.2. The molecule has 3 rings (SSSR count). The molecule has 1 aliphatic heterocycles. The van der Waals surface area contributed by atoms with E-state index in [4.69, 9.17) is 0 Å². The maximum absolute atomic E-state index is 12.5. The second-order valence-electron chi connectivity index (χ2n) is 6.36. The second-order valence-corrected chi connectivity index (χ2v) is 6.36. The molecule has 24 heavy (non-hydrogen) atoms. The average Bonchev–Trinajstić information content (AvgIpc) is 2.80. The lowest BCUT2D eigenvalue weighted by Crippen LogP contribution is -2.41. The van der Waals surface area contributed by atoms with Crippen molar-refractivity contribution in [3.05, 3.63) is 42.1 Å². The number of likely N-dealkylation sites (tertiary alicyclic amines) is 1. The van der Waals surface area contributed by atoms with Crippen molar-refractivity contribution in [2.75, 3.05) is 20.1 Å². The van der Waals surface area contributed by atoms with Crippen molar-refractivity contribution >= 4 is 22.7 Å². The molecule has 5 nitrogen and oxygen atoms in total. The fourth-order valence-electron chi connectivity index (χ4n) is 3.14. The van der Waals surface area contributed by atoms with Crippen LogP contribution in [0.3, 0.4) is 0 Å². The summed E-state index contributed by atoms with van der Waals surface area (Å²) in [5.74, 6) is 0.0785. The molecular formula is C19H23N3O2. The molecule has 2 amide bonds. The number of aromatic nitrogens is 1. The van der Waals surface area contributed by atoms with Gasteiger partial charge in [0.25, 0.3) is 0 Å². The van der Waals surface area contributed by atoms with E-state index in [-0.39, 0.29) is 18.4 Å². The fraction of sp³-hybridized carbons (Fsp3) is 0.421. The van der Waals surface area contributed by atoms with Gasteiger partial charge in [-0.1, -0.05) is 24.6 Å². The molecular weight excluding hydrogens is 302 g/mol. The van der Waals surface area contributed by atoms with Crippen LogP contribution in [-0.4, -0.2) is 46.7 Å². The summed E-state index contributed by atoms with van der Waals surface area (Å²) in [7, 11) is 1.79. The zero-order chi connectivity index (χ0) is 16.9. The molecule has 1 aliphatic rings. The van der Waals surface area contributed by atoms with Gasteiger partial charge in [0.1, 0.15) is 0 Å². The monoisotopic (exact) mass is 325 g/mol. The van der Waals surface area contributed by atoms with Crippen LogP contribution >= 0.6 is 0 Å². The van der Waals surface area contributed by atoms with Crippen LogP contribution in [0.2, 0.25) is 0 Å². The van der Waals surface area contributed by atoms with Crippen LogP contribution in [0, 0.1) is 0 Å². The van der Waals surface area contributed by atoms with Gasteiger partial charge >= 0.3 is 0 Å². The Labute approximate surface area is 142 Å². The topological polar surface area (TPSA) is 53.5 Å². The molecule has 0 atom stereocenters. The van der Waals surface area contributed by atoms with E-state index in [1.807, 2.05) is 30.3 Å². The molecule has 1 aromatic carbocycles. The number of pyridine rings is 1. The summed E-state index contributed by atoms with van der Waals surface area (Å²) in [6, 6.07) is 9.88. The lowest BCUT2D eigenvalue weighted by atomic mass is 10.1. The van der Waals surface area contributed by atoms with Crippen molar-refractivity contribution < 1.29 is 9.59 Å². The second kappa shape index (κ2) is 7.43. The smallest absolute Gasteiger partial charge is 0.242 e. The lowest BCUT2D eigenvalue weighted by molar-refractivity contribution is -0.139. The molecule has 5 heteroatoms. The first kappa shape index (κ1) is 16.4. The highest BCUT2D eigenvalue weighted by Crippen LogP contribution is 2.18. The van der Waals surface area contributed by atoms with Gasteiger partial charge in [-0.15, -0.1) is 0 Å². The maximum atomic E-state index is 12.5. The molecule has 126 valence electrons. The molecule has 0 aliphatic carbocycles. The Morgan fingerprint density at radius 2 is 2.08 bits per heavy atom. The number of carbonyl (C=O) groups is 2. The van der Waals surface area contributed by atoms with E-state index in [1.165, 1.54) is 0 Å². The Kier molecular flexibility index (Phi) is 5.08. The van der Waals surface area contributed by atoms with Crippen molar-refractivity contribution in [3.63, 3.8) is 0 Å². The molecule has 0 saturated carbocycles. The van der Waals surface area contributed by atoms with Crippen LogP contribution in [-0.2, 0) is 16.1 Å². The Morgan fingerprint density at radius 1 is 1.21 bits per heavy atom. The molecule has 2 heterocycles. The van der Waals surface area contributed by atoms with Gasteiger partial charge in [-0.05, 0) is 30.5 Å². The fourth-order valence-corrected chi connectivity index (χ4v) is 3.14. The van der Waals surface area contributed by atoms with Gasteiger partial charge in [-0.25, -0.2) is 0 Å². The van der Waals surface area contributed by atoms with Gasteiger partial charge in [-0.2, -0.15) is 0 Å². The summed E-state index contributed by atoms with van der Waals surface area (Å²) < 4.78 is 0. The Hall–Kier alpha value is -2.43. The van der Waals surface area contributed by atoms with E-state index in [0.717, 1.165) is 35.7 Å². The quantitative estimate of drug-likeness (QED) is 0.868. The number of rotatable bonds is 4. The molecule has 1 aromatic heterocycles. The number of benzene rings is 1. The summed E-state index contributed by atoms with van der Waals surface area (Å²) in [4.78, 5) is 32.3. The van der Waals surface area contributed by atoms with Crippen LogP contribution in [0.5, 0.6) is 0 Å². The highest BCUT2D eigenvalue weighted by Gasteiger charge is 2.21. The zero-order valence-corrected chi connectivity index (χ0v) is 14.1. The van der Waals surface area contributed by atoms with Crippen molar-refractivity contribution in [2.24, 2.45) is 0 Å². The molecule has 1 saturated heterocycles. The third-order valence-electron chi connectivity index (χ3n) is 4.57. The predicted octanol–water partition coefficient (Wildman–Crippen LogP) is 2.60. The first-order valence-corrected chi connectivity index (χ1v) is 8.49. The third kappa shape index (κ3) is 3.72. The van der Waals surface area contributed by atoms with Gasteiger partial charge in [0, 0.05) is 38.1 Å². The highest BCUT2D eigenvalue weighted by molar-refractivity contribution is 5.86. The summed E-state index contributed by atoms with van der Waals surface area (Å²) in [5, 5.41) is 1.06. The molecule has 0 bridgehead atoms. The molecule has 1 fully saturated rings. The minimum atomic E-state index is -0.0221. The van der Waals surface area contributed by atoms with Crippen molar-refractivity contribution in [2.45, 2.75) is 32.2 Å². The number of hydrogen-bond acceptors (Lipinski definition) is 3. The summed E-state index contributed by atoms with van der Waals surface area (Å²) >= 11 is 0. The number of amides is 2. The van der Waals surface area contributed by atoms with E-state index in [1.54, 1.807) is 23.0 Å². The van der Waals surface area contributed by atoms with Crippen LogP contribution < -0.4 is 0 Å². The summed E-state index contributed by atoms with van der Waals surface area (Å²) in [5.41, 5.74) is 2.00. The maximum Gasteiger partial charge on any atom is 0.242 e. The van der Waals surface area contributed by atoms with Crippen molar-refractivity contribution in [1.82, 2.24) is 14.8 Å². The number of carbonyl (C=O) groups excluding carboxylic acids is 2. The first-order valence-electron chi connectivity index (χ1n) is 8.49. The number of likely N-dealkylation sites (N-methyl/N-ethyl adjacent to an activating group) is 1. The van der Waals surface area contributed by atoms with Crippen LogP contribution in [0.1, 0.15) is 31.2 Å². The van der Waals surface area contributed by atoms with Gasteiger partial charge in [0.15, 0.2) is 0 Å². The molecule has 2 aromatic rings. The van der Waals surface area contributed by atoms with E-state index >= 15 is 0 Å². The largest absolute Gasteiger partial charge is 0.340 e. The first-order chi connectivity index (χ1) is 11.6. The minimum Gasteiger partial charge on any atom is -0.340 e.